The van der Waals surface area contributed by atoms with E-state index in [9.17, 15) is 9.90 Å². The van der Waals surface area contributed by atoms with Crippen LogP contribution in [0.15, 0.2) is 24.4 Å². The summed E-state index contributed by atoms with van der Waals surface area (Å²) in [6, 6.07) is 5.53. The normalized spacial score (nSPS) is 11.0. The van der Waals surface area contributed by atoms with Gasteiger partial charge in [-0.25, -0.2) is 14.8 Å². The van der Waals surface area contributed by atoms with Gasteiger partial charge < -0.3 is 14.6 Å². The average molecular weight is 328 g/mol. The van der Waals surface area contributed by atoms with E-state index in [0.717, 1.165) is 5.56 Å². The van der Waals surface area contributed by atoms with Crippen molar-refractivity contribution in [3.05, 3.63) is 47.0 Å². The zero-order valence-corrected chi connectivity index (χ0v) is 14.1. The van der Waals surface area contributed by atoms with E-state index >= 15 is 0 Å². The van der Waals surface area contributed by atoms with Crippen LogP contribution in [0.4, 0.5) is 0 Å². The molecule has 126 valence electrons. The first kappa shape index (κ1) is 17.5. The van der Waals surface area contributed by atoms with Crippen LogP contribution in [0.5, 0.6) is 11.5 Å². The third kappa shape index (κ3) is 3.90. The maximum absolute atomic E-state index is 11.2. The molecule has 1 heterocycles. The second-order valence-corrected chi connectivity index (χ2v) is 5.43. The van der Waals surface area contributed by atoms with Gasteiger partial charge in [-0.1, -0.05) is 26.0 Å². The van der Waals surface area contributed by atoms with Crippen LogP contribution in [-0.2, 0) is 0 Å². The fraction of sp³-hybridized carbons (Fsp3) is 0.278. The maximum Gasteiger partial charge on any atom is 0.339 e. The molecule has 0 aliphatic rings. The van der Waals surface area contributed by atoms with E-state index in [2.05, 4.69) is 9.97 Å². The number of aromatic carboxylic acids is 1. The molecule has 1 aromatic heterocycles. The van der Waals surface area contributed by atoms with E-state index in [-0.39, 0.29) is 11.5 Å². The molecule has 0 fully saturated rings. The van der Waals surface area contributed by atoms with Gasteiger partial charge in [-0.2, -0.15) is 0 Å². The van der Waals surface area contributed by atoms with Crippen molar-refractivity contribution in [3.8, 4) is 11.5 Å². The quantitative estimate of drug-likeness (QED) is 0.874. The number of ether oxygens (including phenoxy) is 2. The first-order valence-corrected chi connectivity index (χ1v) is 7.46. The molecule has 0 atom stereocenters. The Kier molecular flexibility index (Phi) is 5.52. The van der Waals surface area contributed by atoms with Gasteiger partial charge in [0.15, 0.2) is 17.3 Å². The summed E-state index contributed by atoms with van der Waals surface area (Å²) in [6.45, 7) is 3.80. The number of carboxylic acids is 1. The molecule has 1 N–H and O–H groups in total. The van der Waals surface area contributed by atoms with Crippen molar-refractivity contribution < 1.29 is 19.4 Å². The summed E-state index contributed by atoms with van der Waals surface area (Å²) in [4.78, 5) is 19.7. The highest BCUT2D eigenvalue weighted by Crippen LogP contribution is 2.28. The number of rotatable bonds is 6. The standard InChI is InChI=1S/C18H20N2O4/c1-11(2)17-13(18(21)22)10-19-16(20-17)8-6-12-5-7-14(23-3)15(9-12)24-4/h5-11H,1-4H3,(H,21,22)/b8-6-. The fourth-order valence-electron chi connectivity index (χ4n) is 2.22. The molecule has 1 aromatic carbocycles. The molecule has 2 rings (SSSR count). The Morgan fingerprint density at radius 2 is 1.88 bits per heavy atom. The molecular formula is C18H20N2O4. The Bertz CT molecular complexity index is 770. The monoisotopic (exact) mass is 328 g/mol. The SMILES string of the molecule is COc1ccc(/C=C\c2ncc(C(=O)O)c(C(C)C)n2)cc1OC. The van der Waals surface area contributed by atoms with Crippen molar-refractivity contribution in [2.45, 2.75) is 19.8 Å². The second kappa shape index (κ2) is 7.59. The molecule has 2 aromatic rings. The summed E-state index contributed by atoms with van der Waals surface area (Å²) in [5.74, 6) is 0.711. The molecule has 0 unspecified atom stereocenters. The van der Waals surface area contributed by atoms with E-state index in [1.54, 1.807) is 20.3 Å². The predicted molar refractivity (Wildman–Crippen MR) is 91.6 cm³/mol. The number of carbonyl (C=O) groups is 1. The summed E-state index contributed by atoms with van der Waals surface area (Å²) < 4.78 is 10.5. The van der Waals surface area contributed by atoms with E-state index in [1.165, 1.54) is 6.20 Å². The predicted octanol–water partition coefficient (Wildman–Crippen LogP) is 3.49. The number of carboxylic acid groups (broad SMARTS) is 1. The Morgan fingerprint density at radius 3 is 2.46 bits per heavy atom. The highest BCUT2D eigenvalue weighted by atomic mass is 16.5. The van der Waals surface area contributed by atoms with Crippen molar-refractivity contribution in [1.29, 1.82) is 0 Å². The molecule has 6 nitrogen and oxygen atoms in total. The van der Waals surface area contributed by atoms with Gasteiger partial charge in [0.1, 0.15) is 0 Å². The topological polar surface area (TPSA) is 81.5 Å². The third-order valence-corrected chi connectivity index (χ3v) is 3.45. The molecule has 0 aliphatic carbocycles. The zero-order chi connectivity index (χ0) is 17.7. The largest absolute Gasteiger partial charge is 0.493 e. The summed E-state index contributed by atoms with van der Waals surface area (Å²) in [5, 5.41) is 9.20. The number of methoxy groups -OCH3 is 2. The molecule has 0 radical (unpaired) electrons. The summed E-state index contributed by atoms with van der Waals surface area (Å²) in [5.41, 5.74) is 1.54. The van der Waals surface area contributed by atoms with E-state index in [1.807, 2.05) is 38.1 Å². The van der Waals surface area contributed by atoms with Crippen LogP contribution in [0.1, 0.15) is 47.2 Å². The fourth-order valence-corrected chi connectivity index (χ4v) is 2.22. The highest BCUT2D eigenvalue weighted by Gasteiger charge is 2.15. The lowest BCUT2D eigenvalue weighted by Gasteiger charge is -2.09. The Labute approximate surface area is 140 Å². The Morgan fingerprint density at radius 1 is 1.17 bits per heavy atom. The van der Waals surface area contributed by atoms with Gasteiger partial charge in [0, 0.05) is 6.20 Å². The smallest absolute Gasteiger partial charge is 0.339 e. The zero-order valence-electron chi connectivity index (χ0n) is 14.1. The molecule has 0 bridgehead atoms. The molecule has 0 spiro atoms. The van der Waals surface area contributed by atoms with Crippen LogP contribution in [-0.4, -0.2) is 35.3 Å². The number of benzene rings is 1. The van der Waals surface area contributed by atoms with Gasteiger partial charge in [-0.05, 0) is 29.7 Å². The molecule has 0 amide bonds. The van der Waals surface area contributed by atoms with Crippen LogP contribution in [0.25, 0.3) is 12.2 Å². The molecule has 24 heavy (non-hydrogen) atoms. The molecule has 0 saturated carbocycles. The molecular weight excluding hydrogens is 308 g/mol. The van der Waals surface area contributed by atoms with Crippen LogP contribution in [0.3, 0.4) is 0 Å². The van der Waals surface area contributed by atoms with Gasteiger partial charge in [0.25, 0.3) is 0 Å². The Hall–Kier alpha value is -2.89. The minimum absolute atomic E-state index is 0.00710. The first-order valence-electron chi connectivity index (χ1n) is 7.46. The second-order valence-electron chi connectivity index (χ2n) is 5.43. The van der Waals surface area contributed by atoms with Crippen LogP contribution < -0.4 is 9.47 Å². The van der Waals surface area contributed by atoms with E-state index in [4.69, 9.17) is 9.47 Å². The summed E-state index contributed by atoms with van der Waals surface area (Å²) >= 11 is 0. The first-order chi connectivity index (χ1) is 11.5. The van der Waals surface area contributed by atoms with E-state index < -0.39 is 5.97 Å². The van der Waals surface area contributed by atoms with Crippen molar-refractivity contribution in [2.24, 2.45) is 0 Å². The van der Waals surface area contributed by atoms with Crippen molar-refractivity contribution in [1.82, 2.24) is 9.97 Å². The number of hydrogen-bond donors (Lipinski definition) is 1. The molecule has 0 saturated heterocycles. The van der Waals surface area contributed by atoms with Crippen LogP contribution >= 0.6 is 0 Å². The van der Waals surface area contributed by atoms with Gasteiger partial charge in [0.2, 0.25) is 0 Å². The van der Waals surface area contributed by atoms with Gasteiger partial charge in [-0.3, -0.25) is 0 Å². The lowest BCUT2D eigenvalue weighted by molar-refractivity contribution is 0.0694. The summed E-state index contributed by atoms with van der Waals surface area (Å²) in [6.07, 6.45) is 4.92. The lowest BCUT2D eigenvalue weighted by Crippen LogP contribution is -2.08. The number of nitrogens with zero attached hydrogens (tertiary/aromatic N) is 2. The third-order valence-electron chi connectivity index (χ3n) is 3.45. The summed E-state index contributed by atoms with van der Waals surface area (Å²) in [7, 11) is 3.16. The number of aromatic nitrogens is 2. The van der Waals surface area contributed by atoms with E-state index in [0.29, 0.717) is 23.0 Å². The van der Waals surface area contributed by atoms with Crippen molar-refractivity contribution >= 4 is 18.1 Å². The minimum Gasteiger partial charge on any atom is -0.493 e. The molecule has 6 heteroatoms. The van der Waals surface area contributed by atoms with Crippen molar-refractivity contribution in [3.63, 3.8) is 0 Å². The minimum atomic E-state index is -1.02. The number of hydrogen-bond acceptors (Lipinski definition) is 5. The Balaban J connectivity index is 2.32. The van der Waals surface area contributed by atoms with Crippen LogP contribution in [0.2, 0.25) is 0 Å². The van der Waals surface area contributed by atoms with Gasteiger partial charge in [0.05, 0.1) is 25.5 Å². The maximum atomic E-state index is 11.2. The van der Waals surface area contributed by atoms with Gasteiger partial charge >= 0.3 is 5.97 Å². The molecule has 0 aliphatic heterocycles. The van der Waals surface area contributed by atoms with Crippen molar-refractivity contribution in [2.75, 3.05) is 14.2 Å². The lowest BCUT2D eigenvalue weighted by atomic mass is 10.1. The van der Waals surface area contributed by atoms with Gasteiger partial charge in [-0.15, -0.1) is 0 Å². The van der Waals surface area contributed by atoms with Crippen LogP contribution in [0, 0.1) is 0 Å². The highest BCUT2D eigenvalue weighted by molar-refractivity contribution is 5.88. The average Bonchev–Trinajstić information content (AvgIpc) is 2.59.